The van der Waals surface area contributed by atoms with Gasteiger partial charge in [0.25, 0.3) is 0 Å². The number of carbonyl (C=O) groups is 3. The number of rotatable bonds is 9. The van der Waals surface area contributed by atoms with Crippen molar-refractivity contribution in [3.05, 3.63) is 0 Å². The Kier molecular flexibility index (Phi) is 9.49. The summed E-state index contributed by atoms with van der Waals surface area (Å²) in [5.74, 6) is -0.612. The van der Waals surface area contributed by atoms with Gasteiger partial charge in [0.15, 0.2) is 0 Å². The molecule has 0 N–H and O–H groups in total. The van der Waals surface area contributed by atoms with Gasteiger partial charge in [-0.05, 0) is 18.8 Å². The minimum absolute atomic E-state index is 0.0181. The third kappa shape index (κ3) is 9.43. The lowest BCUT2D eigenvalue weighted by Gasteiger charge is -2.36. The van der Waals surface area contributed by atoms with Crippen molar-refractivity contribution in [3.63, 3.8) is 0 Å². The van der Waals surface area contributed by atoms with Crippen molar-refractivity contribution in [2.24, 2.45) is 5.92 Å². The summed E-state index contributed by atoms with van der Waals surface area (Å²) in [6.45, 7) is 6.79. The van der Waals surface area contributed by atoms with Crippen LogP contribution in [0.5, 0.6) is 0 Å². The fourth-order valence-electron chi connectivity index (χ4n) is 3.02. The molecule has 0 amide bonds. The monoisotopic (exact) mass is 358 g/mol. The van der Waals surface area contributed by atoms with Crippen molar-refractivity contribution < 1.29 is 33.3 Å². The van der Waals surface area contributed by atoms with E-state index in [1.165, 1.54) is 20.8 Å². The molecule has 7 nitrogen and oxygen atoms in total. The molecule has 4 atom stereocenters. The molecule has 7 heteroatoms. The summed E-state index contributed by atoms with van der Waals surface area (Å²) < 4.78 is 21.4. The Balaban J connectivity index is 2.49. The van der Waals surface area contributed by atoms with E-state index in [9.17, 15) is 14.4 Å². The van der Waals surface area contributed by atoms with E-state index in [-0.39, 0.29) is 42.8 Å². The average Bonchev–Trinajstić information content (AvgIpc) is 2.49. The van der Waals surface area contributed by atoms with Crippen LogP contribution in [0.4, 0.5) is 0 Å². The second-order valence-electron chi connectivity index (χ2n) is 6.58. The Morgan fingerprint density at radius 1 is 1.00 bits per heavy atom. The van der Waals surface area contributed by atoms with E-state index in [1.54, 1.807) is 0 Å². The van der Waals surface area contributed by atoms with Crippen molar-refractivity contribution in [2.45, 2.75) is 78.1 Å². The smallest absolute Gasteiger partial charge is 0.302 e. The molecule has 0 aromatic rings. The molecule has 0 aliphatic carbocycles. The summed E-state index contributed by atoms with van der Waals surface area (Å²) in [5.41, 5.74) is 0. The van der Waals surface area contributed by atoms with Gasteiger partial charge in [-0.3, -0.25) is 14.4 Å². The summed E-state index contributed by atoms with van der Waals surface area (Å²) in [4.78, 5) is 33.0. The molecule has 25 heavy (non-hydrogen) atoms. The highest BCUT2D eigenvalue weighted by atomic mass is 16.6. The summed E-state index contributed by atoms with van der Waals surface area (Å²) in [5, 5.41) is 0. The van der Waals surface area contributed by atoms with Gasteiger partial charge in [0.1, 0.15) is 6.10 Å². The minimum atomic E-state index is -0.358. The molecular weight excluding hydrogens is 328 g/mol. The Morgan fingerprint density at radius 2 is 1.64 bits per heavy atom. The normalized spacial score (nSPS) is 24.2. The van der Waals surface area contributed by atoms with Gasteiger partial charge in [-0.15, -0.1) is 0 Å². The van der Waals surface area contributed by atoms with Gasteiger partial charge in [-0.25, -0.2) is 0 Å². The standard InChI is InChI=1S/C18H30O7/c1-12-5-6-16(25-18(12)8-10-23-14(3)20)11-17(24-15(4)21)7-9-22-13(2)19/h12,16-18H,5-11H2,1-4H3. The first-order valence-electron chi connectivity index (χ1n) is 8.87. The molecule has 0 aromatic heterocycles. The molecule has 0 saturated carbocycles. The first-order valence-corrected chi connectivity index (χ1v) is 8.87. The molecule has 1 saturated heterocycles. The van der Waals surface area contributed by atoms with Gasteiger partial charge < -0.3 is 18.9 Å². The maximum Gasteiger partial charge on any atom is 0.302 e. The summed E-state index contributed by atoms with van der Waals surface area (Å²) in [6, 6.07) is 0. The second-order valence-corrected chi connectivity index (χ2v) is 6.58. The van der Waals surface area contributed by atoms with E-state index >= 15 is 0 Å². The minimum Gasteiger partial charge on any atom is -0.466 e. The van der Waals surface area contributed by atoms with E-state index < -0.39 is 0 Å². The topological polar surface area (TPSA) is 88.1 Å². The number of carbonyl (C=O) groups excluding carboxylic acids is 3. The van der Waals surface area contributed by atoms with E-state index in [0.29, 0.717) is 31.8 Å². The van der Waals surface area contributed by atoms with E-state index in [4.69, 9.17) is 18.9 Å². The number of hydrogen-bond acceptors (Lipinski definition) is 7. The fourth-order valence-corrected chi connectivity index (χ4v) is 3.02. The van der Waals surface area contributed by atoms with Gasteiger partial charge in [-0.2, -0.15) is 0 Å². The molecule has 1 aliphatic rings. The van der Waals surface area contributed by atoms with Crippen molar-refractivity contribution >= 4 is 17.9 Å². The van der Waals surface area contributed by atoms with Crippen LogP contribution in [0.3, 0.4) is 0 Å². The lowest BCUT2D eigenvalue weighted by Crippen LogP contribution is -2.37. The quantitative estimate of drug-likeness (QED) is 0.462. The van der Waals surface area contributed by atoms with Crippen molar-refractivity contribution in [1.29, 1.82) is 0 Å². The van der Waals surface area contributed by atoms with Crippen LogP contribution in [0, 0.1) is 5.92 Å². The lowest BCUT2D eigenvalue weighted by atomic mass is 9.89. The van der Waals surface area contributed by atoms with E-state index in [0.717, 1.165) is 12.8 Å². The highest BCUT2D eigenvalue weighted by Gasteiger charge is 2.30. The van der Waals surface area contributed by atoms with Crippen molar-refractivity contribution in [1.82, 2.24) is 0 Å². The molecule has 1 heterocycles. The predicted octanol–water partition coefficient (Wildman–Crippen LogP) is 2.40. The molecule has 1 aliphatic heterocycles. The number of ether oxygens (including phenoxy) is 4. The number of hydrogen-bond donors (Lipinski definition) is 0. The van der Waals surface area contributed by atoms with E-state index in [2.05, 4.69) is 6.92 Å². The average molecular weight is 358 g/mol. The van der Waals surface area contributed by atoms with Crippen LogP contribution in [0.1, 0.15) is 59.8 Å². The molecule has 0 aromatic carbocycles. The molecule has 0 spiro atoms. The zero-order valence-electron chi connectivity index (χ0n) is 15.6. The third-order valence-electron chi connectivity index (χ3n) is 4.26. The van der Waals surface area contributed by atoms with Crippen LogP contribution < -0.4 is 0 Å². The zero-order chi connectivity index (χ0) is 18.8. The largest absolute Gasteiger partial charge is 0.466 e. The molecular formula is C18H30O7. The summed E-state index contributed by atoms with van der Waals surface area (Å²) >= 11 is 0. The van der Waals surface area contributed by atoms with E-state index in [1.807, 2.05) is 0 Å². The van der Waals surface area contributed by atoms with Gasteiger partial charge in [0, 0.05) is 40.0 Å². The lowest BCUT2D eigenvalue weighted by molar-refractivity contribution is -0.154. The highest BCUT2D eigenvalue weighted by Crippen LogP contribution is 2.29. The van der Waals surface area contributed by atoms with Gasteiger partial charge >= 0.3 is 17.9 Å². The maximum absolute atomic E-state index is 11.3. The Bertz CT molecular complexity index is 449. The fraction of sp³-hybridized carbons (Fsp3) is 0.833. The van der Waals surface area contributed by atoms with Crippen LogP contribution in [0.25, 0.3) is 0 Å². The van der Waals surface area contributed by atoms with Crippen LogP contribution in [-0.4, -0.2) is 49.4 Å². The molecule has 1 rings (SSSR count). The number of esters is 3. The second kappa shape index (κ2) is 11.1. The molecule has 4 unspecified atom stereocenters. The SMILES string of the molecule is CC(=O)OCCC(CC1CCC(C)C(CCOC(C)=O)O1)OC(C)=O. The van der Waals surface area contributed by atoms with Gasteiger partial charge in [-0.1, -0.05) is 6.92 Å². The molecule has 144 valence electrons. The maximum atomic E-state index is 11.3. The van der Waals surface area contributed by atoms with Crippen LogP contribution in [0.15, 0.2) is 0 Å². The van der Waals surface area contributed by atoms with Gasteiger partial charge in [0.05, 0.1) is 25.4 Å². The Morgan fingerprint density at radius 3 is 2.24 bits per heavy atom. The zero-order valence-corrected chi connectivity index (χ0v) is 15.6. The van der Waals surface area contributed by atoms with Gasteiger partial charge in [0.2, 0.25) is 0 Å². The predicted molar refractivity (Wildman–Crippen MR) is 89.7 cm³/mol. The first kappa shape index (κ1) is 21.4. The molecule has 0 radical (unpaired) electrons. The highest BCUT2D eigenvalue weighted by molar-refractivity contribution is 5.66. The van der Waals surface area contributed by atoms with Crippen molar-refractivity contribution in [2.75, 3.05) is 13.2 Å². The third-order valence-corrected chi connectivity index (χ3v) is 4.26. The van der Waals surface area contributed by atoms with Crippen LogP contribution in [-0.2, 0) is 33.3 Å². The Hall–Kier alpha value is -1.63. The molecule has 0 bridgehead atoms. The summed E-state index contributed by atoms with van der Waals surface area (Å²) in [6.07, 6.45) is 3.21. The van der Waals surface area contributed by atoms with Crippen LogP contribution in [0.2, 0.25) is 0 Å². The Labute approximate surface area is 149 Å². The van der Waals surface area contributed by atoms with Crippen molar-refractivity contribution in [3.8, 4) is 0 Å². The first-order chi connectivity index (χ1) is 11.8. The molecule has 1 fully saturated rings. The van der Waals surface area contributed by atoms with Crippen LogP contribution >= 0.6 is 0 Å². The summed E-state index contributed by atoms with van der Waals surface area (Å²) in [7, 11) is 0.